The van der Waals surface area contributed by atoms with Crippen molar-refractivity contribution in [3.05, 3.63) is 36.0 Å². The number of nitrogens with zero attached hydrogens (tertiary/aromatic N) is 2. The van der Waals surface area contributed by atoms with E-state index in [-0.39, 0.29) is 5.39 Å². The van der Waals surface area contributed by atoms with E-state index in [1.54, 1.807) is 6.07 Å². The maximum absolute atomic E-state index is 13.0. The number of alkyl halides is 3. The van der Waals surface area contributed by atoms with Gasteiger partial charge in [-0.2, -0.15) is 13.2 Å². The van der Waals surface area contributed by atoms with Crippen LogP contribution in [0.4, 0.5) is 19.0 Å². The number of anilines is 1. The first kappa shape index (κ1) is 13.2. The molecule has 0 aliphatic carbocycles. The number of rotatable bonds is 1. The number of piperazine rings is 1. The Hall–Kier alpha value is -1.82. The van der Waals surface area contributed by atoms with Crippen LogP contribution < -0.4 is 10.2 Å². The second kappa shape index (κ2) is 4.94. The largest absolute Gasteiger partial charge is 0.417 e. The van der Waals surface area contributed by atoms with E-state index in [1.807, 2.05) is 4.90 Å². The topological polar surface area (TPSA) is 28.2 Å². The number of halogens is 3. The van der Waals surface area contributed by atoms with Crippen molar-refractivity contribution >= 4 is 16.6 Å². The first-order valence-electron chi connectivity index (χ1n) is 6.48. The van der Waals surface area contributed by atoms with Crippen LogP contribution in [0.15, 0.2) is 30.5 Å². The first-order chi connectivity index (χ1) is 9.57. The number of benzene rings is 1. The third-order valence-electron chi connectivity index (χ3n) is 3.51. The van der Waals surface area contributed by atoms with Crippen LogP contribution in [0, 0.1) is 0 Å². The highest BCUT2D eigenvalue weighted by Gasteiger charge is 2.32. The number of nitrogens with one attached hydrogen (secondary N) is 1. The van der Waals surface area contributed by atoms with Crippen LogP contribution in [0.3, 0.4) is 0 Å². The Labute approximate surface area is 114 Å². The van der Waals surface area contributed by atoms with E-state index >= 15 is 0 Å². The van der Waals surface area contributed by atoms with Gasteiger partial charge in [-0.1, -0.05) is 12.1 Å². The second-order valence-corrected chi connectivity index (χ2v) is 4.77. The molecule has 3 nitrogen and oxygen atoms in total. The molecule has 2 heterocycles. The van der Waals surface area contributed by atoms with E-state index in [9.17, 15) is 13.2 Å². The van der Waals surface area contributed by atoms with Gasteiger partial charge in [-0.3, -0.25) is 0 Å². The van der Waals surface area contributed by atoms with Crippen molar-refractivity contribution in [2.75, 3.05) is 31.1 Å². The van der Waals surface area contributed by atoms with Crippen molar-refractivity contribution in [3.63, 3.8) is 0 Å². The van der Waals surface area contributed by atoms with E-state index in [0.29, 0.717) is 11.2 Å². The molecule has 1 aromatic heterocycles. The maximum Gasteiger partial charge on any atom is 0.417 e. The monoisotopic (exact) mass is 281 g/mol. The number of hydrogen-bond donors (Lipinski definition) is 1. The van der Waals surface area contributed by atoms with Gasteiger partial charge in [0.15, 0.2) is 0 Å². The Bertz CT molecular complexity index is 619. The van der Waals surface area contributed by atoms with Crippen molar-refractivity contribution < 1.29 is 13.2 Å². The van der Waals surface area contributed by atoms with Crippen LogP contribution in [-0.4, -0.2) is 31.2 Å². The minimum absolute atomic E-state index is 0.212. The number of hydrogen-bond acceptors (Lipinski definition) is 3. The summed E-state index contributed by atoms with van der Waals surface area (Å²) in [6.45, 7) is 3.14. The lowest BCUT2D eigenvalue weighted by atomic mass is 10.0. The summed E-state index contributed by atoms with van der Waals surface area (Å²) in [7, 11) is 0. The molecule has 0 radical (unpaired) electrons. The van der Waals surface area contributed by atoms with Gasteiger partial charge in [-0.05, 0) is 17.5 Å². The van der Waals surface area contributed by atoms with Gasteiger partial charge in [0.2, 0.25) is 0 Å². The molecule has 1 saturated heterocycles. The summed E-state index contributed by atoms with van der Waals surface area (Å²) in [4.78, 5) is 6.31. The SMILES string of the molecule is FC(F)(F)c1cccc2c(N3CCNCC3)nccc12. The Kier molecular flexibility index (Phi) is 3.25. The van der Waals surface area contributed by atoms with E-state index in [1.165, 1.54) is 18.3 Å². The van der Waals surface area contributed by atoms with E-state index in [0.717, 1.165) is 32.2 Å². The number of aromatic nitrogens is 1. The summed E-state index contributed by atoms with van der Waals surface area (Å²) >= 11 is 0. The summed E-state index contributed by atoms with van der Waals surface area (Å²) in [5.41, 5.74) is -0.603. The average Bonchev–Trinajstić information content (AvgIpc) is 2.46. The summed E-state index contributed by atoms with van der Waals surface area (Å²) in [5, 5.41) is 3.99. The molecule has 0 saturated carbocycles. The zero-order valence-corrected chi connectivity index (χ0v) is 10.7. The minimum atomic E-state index is -4.35. The van der Waals surface area contributed by atoms with Gasteiger partial charge >= 0.3 is 6.18 Å². The van der Waals surface area contributed by atoms with Crippen LogP contribution in [0.2, 0.25) is 0 Å². The average molecular weight is 281 g/mol. The van der Waals surface area contributed by atoms with Crippen molar-refractivity contribution in [1.82, 2.24) is 10.3 Å². The van der Waals surface area contributed by atoms with Gasteiger partial charge in [0.1, 0.15) is 5.82 Å². The highest BCUT2D eigenvalue weighted by molar-refractivity contribution is 5.94. The van der Waals surface area contributed by atoms with Gasteiger partial charge in [0.05, 0.1) is 5.56 Å². The fourth-order valence-corrected chi connectivity index (χ4v) is 2.57. The zero-order valence-electron chi connectivity index (χ0n) is 10.7. The minimum Gasteiger partial charge on any atom is -0.354 e. The zero-order chi connectivity index (χ0) is 14.2. The highest BCUT2D eigenvalue weighted by atomic mass is 19.4. The molecule has 0 amide bonds. The summed E-state index contributed by atoms with van der Waals surface area (Å²) in [6, 6.07) is 5.70. The molecule has 1 N–H and O–H groups in total. The Balaban J connectivity index is 2.15. The molecule has 1 aliphatic heterocycles. The highest BCUT2D eigenvalue weighted by Crippen LogP contribution is 2.36. The summed E-state index contributed by atoms with van der Waals surface area (Å²) < 4.78 is 39.1. The molecule has 0 unspecified atom stereocenters. The van der Waals surface area contributed by atoms with Crippen LogP contribution in [0.5, 0.6) is 0 Å². The molecule has 106 valence electrons. The Morgan fingerprint density at radius 3 is 2.50 bits per heavy atom. The van der Waals surface area contributed by atoms with Crippen molar-refractivity contribution in [2.45, 2.75) is 6.18 Å². The third kappa shape index (κ3) is 2.31. The molecule has 0 bridgehead atoms. The van der Waals surface area contributed by atoms with Gasteiger partial charge in [-0.25, -0.2) is 4.98 Å². The van der Waals surface area contributed by atoms with E-state index in [4.69, 9.17) is 0 Å². The van der Waals surface area contributed by atoms with E-state index < -0.39 is 11.7 Å². The maximum atomic E-state index is 13.0. The molecular formula is C14H14F3N3. The smallest absolute Gasteiger partial charge is 0.354 e. The Morgan fingerprint density at radius 2 is 1.80 bits per heavy atom. The van der Waals surface area contributed by atoms with Crippen LogP contribution in [0.25, 0.3) is 10.8 Å². The normalized spacial score (nSPS) is 16.6. The van der Waals surface area contributed by atoms with Crippen LogP contribution in [-0.2, 0) is 6.18 Å². The molecular weight excluding hydrogens is 267 g/mol. The summed E-state index contributed by atoms with van der Waals surface area (Å²) in [6.07, 6.45) is -2.89. The molecule has 1 aromatic carbocycles. The molecule has 6 heteroatoms. The lowest BCUT2D eigenvalue weighted by molar-refractivity contribution is -0.136. The molecule has 0 atom stereocenters. The fraction of sp³-hybridized carbons (Fsp3) is 0.357. The molecule has 20 heavy (non-hydrogen) atoms. The second-order valence-electron chi connectivity index (χ2n) is 4.77. The predicted molar refractivity (Wildman–Crippen MR) is 71.8 cm³/mol. The lowest BCUT2D eigenvalue weighted by Gasteiger charge is -2.29. The third-order valence-corrected chi connectivity index (χ3v) is 3.51. The van der Waals surface area contributed by atoms with Gasteiger partial charge < -0.3 is 10.2 Å². The van der Waals surface area contributed by atoms with Crippen molar-refractivity contribution in [3.8, 4) is 0 Å². The predicted octanol–water partition coefficient (Wildman–Crippen LogP) is 2.66. The van der Waals surface area contributed by atoms with Crippen LogP contribution in [0.1, 0.15) is 5.56 Å². The molecule has 1 aliphatic rings. The molecule has 2 aromatic rings. The van der Waals surface area contributed by atoms with Crippen molar-refractivity contribution in [2.24, 2.45) is 0 Å². The van der Waals surface area contributed by atoms with Crippen LogP contribution >= 0.6 is 0 Å². The number of pyridine rings is 1. The standard InChI is InChI=1S/C14H14F3N3/c15-14(16,17)12-3-1-2-11-10(12)4-5-19-13(11)20-8-6-18-7-9-20/h1-5,18H,6-9H2. The van der Waals surface area contributed by atoms with Gasteiger partial charge in [0.25, 0.3) is 0 Å². The first-order valence-corrected chi connectivity index (χ1v) is 6.48. The molecule has 3 rings (SSSR count). The van der Waals surface area contributed by atoms with E-state index in [2.05, 4.69) is 10.3 Å². The Morgan fingerprint density at radius 1 is 1.05 bits per heavy atom. The van der Waals surface area contributed by atoms with Gasteiger partial charge in [0, 0.05) is 37.8 Å². The molecule has 1 fully saturated rings. The number of fused-ring (bicyclic) bond motifs is 1. The van der Waals surface area contributed by atoms with Gasteiger partial charge in [-0.15, -0.1) is 0 Å². The summed E-state index contributed by atoms with van der Waals surface area (Å²) in [5.74, 6) is 0.634. The quantitative estimate of drug-likeness (QED) is 0.871. The lowest BCUT2D eigenvalue weighted by Crippen LogP contribution is -2.44. The fourth-order valence-electron chi connectivity index (χ4n) is 2.57. The van der Waals surface area contributed by atoms with Crippen molar-refractivity contribution in [1.29, 1.82) is 0 Å². The molecule has 0 spiro atoms.